The summed E-state index contributed by atoms with van der Waals surface area (Å²) in [4.78, 5) is 12.6. The number of aliphatic hydroxyl groups excluding tert-OH is 1. The van der Waals surface area contributed by atoms with Gasteiger partial charge in [-0.3, -0.25) is 4.79 Å². The molecule has 3 aromatic rings. The molecule has 7 heteroatoms. The summed E-state index contributed by atoms with van der Waals surface area (Å²) < 4.78 is 0. The van der Waals surface area contributed by atoms with Crippen molar-refractivity contribution in [3.05, 3.63) is 94.0 Å². The number of hydrogen-bond donors (Lipinski definition) is 5. The molecule has 3 aromatic carbocycles. The number of β-amino-alcohol motifs (C(OH)–C–C–N with tert-alkyl or cyclic N) is 1. The van der Waals surface area contributed by atoms with Gasteiger partial charge in [0.05, 0.1) is 6.10 Å². The minimum absolute atomic E-state index is 0.100. The predicted octanol–water partition coefficient (Wildman–Crippen LogP) is 4.37. The fourth-order valence-corrected chi connectivity index (χ4v) is 3.90. The number of hydrogen-bond acceptors (Lipinski definition) is 5. The number of carbonyl (C=O) groups excluding carboxylic acids is 1. The minimum Gasteiger partial charge on any atom is -0.508 e. The van der Waals surface area contributed by atoms with E-state index in [1.165, 1.54) is 18.2 Å². The van der Waals surface area contributed by atoms with E-state index in [1.807, 2.05) is 56.3 Å². The summed E-state index contributed by atoms with van der Waals surface area (Å²) in [6.07, 6.45) is 0.463. The molecule has 0 aliphatic heterocycles. The van der Waals surface area contributed by atoms with Gasteiger partial charge in [-0.05, 0) is 79.8 Å². The van der Waals surface area contributed by atoms with Crippen molar-refractivity contribution in [2.24, 2.45) is 0 Å². The second-order valence-corrected chi connectivity index (χ2v) is 9.51. The van der Waals surface area contributed by atoms with Crippen LogP contribution >= 0.6 is 11.6 Å². The topological polar surface area (TPSA) is 102 Å². The van der Waals surface area contributed by atoms with Crippen LogP contribution in [0.1, 0.15) is 47.0 Å². The highest BCUT2D eigenvalue weighted by atomic mass is 35.5. The largest absolute Gasteiger partial charge is 0.508 e. The molecular weight excluding hydrogens is 452 g/mol. The second-order valence-electron chi connectivity index (χ2n) is 9.07. The summed E-state index contributed by atoms with van der Waals surface area (Å²) in [7, 11) is 0. The van der Waals surface area contributed by atoms with Crippen LogP contribution in [0.15, 0.2) is 66.7 Å². The molecule has 0 saturated heterocycles. The number of amides is 1. The van der Waals surface area contributed by atoms with Gasteiger partial charge in [-0.1, -0.05) is 35.9 Å². The molecule has 1 atom stereocenters. The molecule has 0 spiro atoms. The molecule has 6 nitrogen and oxygen atoms in total. The van der Waals surface area contributed by atoms with E-state index in [4.69, 9.17) is 11.6 Å². The first-order chi connectivity index (χ1) is 16.1. The standard InChI is InChI=1S/C27H31ClN2O4/c1-27(2,30-17-25(33)21-13-23(31)15-24(32)14-21)16-19-4-3-5-20(12-19)26(34)29-11-10-18-6-8-22(28)9-7-18/h3-9,12-15,25,30-33H,10-11,16-17H2,1-2H3,(H,29,34)/t25-/m0/s1. The molecule has 0 radical (unpaired) electrons. The third-order valence-electron chi connectivity index (χ3n) is 5.53. The van der Waals surface area contributed by atoms with Crippen molar-refractivity contribution >= 4 is 17.5 Å². The van der Waals surface area contributed by atoms with Crippen molar-refractivity contribution in [3.8, 4) is 11.5 Å². The Morgan fingerprint density at radius 2 is 1.65 bits per heavy atom. The zero-order valence-electron chi connectivity index (χ0n) is 19.4. The number of carbonyl (C=O) groups is 1. The van der Waals surface area contributed by atoms with Crippen LogP contribution in [-0.2, 0) is 12.8 Å². The van der Waals surface area contributed by atoms with Gasteiger partial charge < -0.3 is 26.0 Å². The Labute approximate surface area is 205 Å². The first kappa shape index (κ1) is 25.6. The molecule has 1 amide bonds. The Kier molecular flexibility index (Phi) is 8.56. The van der Waals surface area contributed by atoms with Gasteiger partial charge in [-0.25, -0.2) is 0 Å². The predicted molar refractivity (Wildman–Crippen MR) is 134 cm³/mol. The van der Waals surface area contributed by atoms with Crippen LogP contribution < -0.4 is 10.6 Å². The third-order valence-corrected chi connectivity index (χ3v) is 5.78. The lowest BCUT2D eigenvalue weighted by Gasteiger charge is -2.28. The zero-order valence-corrected chi connectivity index (χ0v) is 20.1. The summed E-state index contributed by atoms with van der Waals surface area (Å²) in [5, 5.41) is 36.7. The highest BCUT2D eigenvalue weighted by molar-refractivity contribution is 6.30. The van der Waals surface area contributed by atoms with Crippen molar-refractivity contribution < 1.29 is 20.1 Å². The Balaban J connectivity index is 1.53. The summed E-state index contributed by atoms with van der Waals surface area (Å²) in [5.41, 5.74) is 2.75. The maximum atomic E-state index is 12.6. The number of nitrogens with one attached hydrogen (secondary N) is 2. The van der Waals surface area contributed by atoms with Crippen LogP contribution in [0, 0.1) is 0 Å². The molecule has 34 heavy (non-hydrogen) atoms. The normalized spacial score (nSPS) is 12.4. The summed E-state index contributed by atoms with van der Waals surface area (Å²) in [5.74, 6) is -0.325. The number of halogens is 1. The summed E-state index contributed by atoms with van der Waals surface area (Å²) >= 11 is 5.91. The van der Waals surface area contributed by atoms with Crippen molar-refractivity contribution in [1.82, 2.24) is 10.6 Å². The quantitative estimate of drug-likeness (QED) is 0.295. The van der Waals surface area contributed by atoms with Gasteiger partial charge in [0.1, 0.15) is 11.5 Å². The highest BCUT2D eigenvalue weighted by Crippen LogP contribution is 2.25. The van der Waals surface area contributed by atoms with Gasteiger partial charge in [0, 0.05) is 35.3 Å². The van der Waals surface area contributed by atoms with Crippen molar-refractivity contribution in [2.75, 3.05) is 13.1 Å². The average molecular weight is 483 g/mol. The van der Waals surface area contributed by atoms with Gasteiger partial charge in [0.15, 0.2) is 0 Å². The van der Waals surface area contributed by atoms with E-state index < -0.39 is 6.10 Å². The number of benzene rings is 3. The Bertz CT molecular complexity index is 1100. The number of phenolic OH excluding ortho intramolecular Hbond substituents is 2. The Morgan fingerprint density at radius 1 is 0.971 bits per heavy atom. The third kappa shape index (κ3) is 7.76. The summed E-state index contributed by atoms with van der Waals surface area (Å²) in [6, 6.07) is 19.1. The minimum atomic E-state index is -0.893. The van der Waals surface area contributed by atoms with Gasteiger partial charge in [0.25, 0.3) is 5.91 Å². The zero-order chi connectivity index (χ0) is 24.7. The molecule has 0 bridgehead atoms. The van der Waals surface area contributed by atoms with Crippen LogP contribution in [0.2, 0.25) is 5.02 Å². The lowest BCUT2D eigenvalue weighted by atomic mass is 9.93. The Hall–Kier alpha value is -3.06. The lowest BCUT2D eigenvalue weighted by molar-refractivity contribution is 0.0954. The van der Waals surface area contributed by atoms with Crippen LogP contribution in [0.3, 0.4) is 0 Å². The van der Waals surface area contributed by atoms with Crippen LogP contribution in [0.4, 0.5) is 0 Å². The molecule has 0 aliphatic rings. The lowest BCUT2D eigenvalue weighted by Crippen LogP contribution is -2.43. The molecule has 0 heterocycles. The molecule has 0 saturated carbocycles. The van der Waals surface area contributed by atoms with Gasteiger partial charge >= 0.3 is 0 Å². The highest BCUT2D eigenvalue weighted by Gasteiger charge is 2.21. The number of phenols is 2. The van der Waals surface area contributed by atoms with E-state index in [0.29, 0.717) is 29.1 Å². The fourth-order valence-electron chi connectivity index (χ4n) is 3.77. The Morgan fingerprint density at radius 3 is 2.32 bits per heavy atom. The SMILES string of the molecule is CC(C)(Cc1cccc(C(=O)NCCc2ccc(Cl)cc2)c1)NC[C@H](O)c1cc(O)cc(O)c1. The van der Waals surface area contributed by atoms with E-state index >= 15 is 0 Å². The van der Waals surface area contributed by atoms with Crippen molar-refractivity contribution in [2.45, 2.75) is 38.3 Å². The van der Waals surface area contributed by atoms with E-state index in [0.717, 1.165) is 17.5 Å². The van der Waals surface area contributed by atoms with E-state index in [9.17, 15) is 20.1 Å². The fraction of sp³-hybridized carbons (Fsp3) is 0.296. The summed E-state index contributed by atoms with van der Waals surface area (Å²) in [6.45, 7) is 4.79. The van der Waals surface area contributed by atoms with Crippen LogP contribution in [0.5, 0.6) is 11.5 Å². The first-order valence-electron chi connectivity index (χ1n) is 11.2. The molecule has 0 aliphatic carbocycles. The molecule has 180 valence electrons. The maximum Gasteiger partial charge on any atom is 0.251 e. The molecular formula is C27H31ClN2O4. The number of rotatable bonds is 10. The monoisotopic (exact) mass is 482 g/mol. The van der Waals surface area contributed by atoms with Gasteiger partial charge in [-0.15, -0.1) is 0 Å². The van der Waals surface area contributed by atoms with E-state index in [2.05, 4.69) is 10.6 Å². The molecule has 5 N–H and O–H groups in total. The van der Waals surface area contributed by atoms with Crippen LogP contribution in [0.25, 0.3) is 0 Å². The smallest absolute Gasteiger partial charge is 0.251 e. The van der Waals surface area contributed by atoms with Crippen molar-refractivity contribution in [3.63, 3.8) is 0 Å². The second kappa shape index (κ2) is 11.4. The first-order valence-corrected chi connectivity index (χ1v) is 11.6. The van der Waals surface area contributed by atoms with E-state index in [1.54, 1.807) is 6.07 Å². The molecule has 0 fully saturated rings. The van der Waals surface area contributed by atoms with Gasteiger partial charge in [-0.2, -0.15) is 0 Å². The van der Waals surface area contributed by atoms with Crippen molar-refractivity contribution in [1.29, 1.82) is 0 Å². The number of aromatic hydroxyl groups is 2. The molecule has 0 aromatic heterocycles. The van der Waals surface area contributed by atoms with Crippen LogP contribution in [-0.4, -0.2) is 39.9 Å². The number of aliphatic hydroxyl groups is 1. The molecule has 0 unspecified atom stereocenters. The van der Waals surface area contributed by atoms with Gasteiger partial charge in [0.2, 0.25) is 0 Å². The maximum absolute atomic E-state index is 12.6. The van der Waals surface area contributed by atoms with E-state index in [-0.39, 0.29) is 29.5 Å². The average Bonchev–Trinajstić information content (AvgIpc) is 2.78. The molecule has 3 rings (SSSR count).